The first-order chi connectivity index (χ1) is 3.97. The predicted molar refractivity (Wildman–Crippen MR) is 55.9 cm³/mol. The second-order valence-corrected chi connectivity index (χ2v) is 12.8. The third-order valence-electron chi connectivity index (χ3n) is 2.47. The first-order valence-electron chi connectivity index (χ1n) is 3.97. The van der Waals surface area contributed by atoms with E-state index in [2.05, 4.69) is 20.0 Å². The van der Waals surface area contributed by atoms with Gasteiger partial charge in [0.2, 0.25) is 0 Å². The maximum absolute atomic E-state index is 2.53. The maximum atomic E-state index is 2.53. The van der Waals surface area contributed by atoms with E-state index < -0.39 is 6.60 Å². The van der Waals surface area contributed by atoms with E-state index in [1.807, 2.05) is 0 Å². The number of hydrogen-bond donors (Lipinski definition) is 0. The van der Waals surface area contributed by atoms with Crippen LogP contribution in [0.4, 0.5) is 0 Å². The molecule has 0 unspecified atom stereocenters. The van der Waals surface area contributed by atoms with Crippen molar-refractivity contribution in [2.45, 2.75) is 0 Å². The first-order valence-corrected chi connectivity index (χ1v) is 7.92. The summed E-state index contributed by atoms with van der Waals surface area (Å²) in [6.45, 7) is 6.55. The molecule has 0 radical (unpaired) electrons. The summed E-state index contributed by atoms with van der Waals surface area (Å²) in [5.74, 6) is 0. The third-order valence-corrected chi connectivity index (χ3v) is 6.42. The summed E-state index contributed by atoms with van der Waals surface area (Å²) in [5, 5.41) is 0. The molecule has 1 heterocycles. The second kappa shape index (κ2) is 2.05. The minimum absolute atomic E-state index is 1.04. The monoisotopic (exact) mass is 140 g/mol. The van der Waals surface area contributed by atoms with Crippen molar-refractivity contribution in [3.8, 4) is 0 Å². The van der Waals surface area contributed by atoms with Crippen molar-refractivity contribution in [2.24, 2.45) is 0 Å². The Bertz CT molecular complexity index is 105. The van der Waals surface area contributed by atoms with Crippen molar-refractivity contribution in [3.05, 3.63) is 0 Å². The average Bonchev–Trinajstić information content (AvgIpc) is 1.62. The molecular formula is C5H16B3P. The molecule has 1 saturated heterocycles. The molecular weight excluding hydrogens is 123 g/mol. The molecule has 0 N–H and O–H groups in total. The van der Waals surface area contributed by atoms with Gasteiger partial charge in [-0.2, -0.15) is 0 Å². The average molecular weight is 140 g/mol. The minimum atomic E-state index is -1.04. The normalized spacial score (nSPS) is 33.9. The molecule has 1 aliphatic rings. The second-order valence-electron chi connectivity index (χ2n) is 4.97. The molecule has 0 amide bonds. The number of hydrogen-bond acceptors (Lipinski definition) is 0. The molecule has 1 rings (SSSR count). The summed E-state index contributed by atoms with van der Waals surface area (Å²) in [6.07, 6.45) is 0. The van der Waals surface area contributed by atoms with E-state index in [1.54, 1.807) is 12.1 Å². The third kappa shape index (κ3) is 2.37. The topological polar surface area (TPSA) is 0 Å². The van der Waals surface area contributed by atoms with Gasteiger partial charge in [-0.15, -0.1) is 0 Å². The molecule has 0 aromatic heterocycles. The SMILES string of the molecule is CP1(C)(C)CBBBC1. The fourth-order valence-corrected chi connectivity index (χ4v) is 4.70. The summed E-state index contributed by atoms with van der Waals surface area (Å²) in [5.41, 5.74) is 0. The molecule has 0 aliphatic carbocycles. The van der Waals surface area contributed by atoms with Crippen LogP contribution in [0.15, 0.2) is 0 Å². The molecule has 0 aromatic rings. The molecule has 50 valence electrons. The van der Waals surface area contributed by atoms with Crippen molar-refractivity contribution in [1.82, 2.24) is 0 Å². The Kier molecular flexibility index (Phi) is 1.76. The first kappa shape index (κ1) is 7.73. The molecule has 4 heteroatoms. The van der Waals surface area contributed by atoms with Gasteiger partial charge in [0.1, 0.15) is 0 Å². The molecule has 0 nitrogen and oxygen atoms in total. The van der Waals surface area contributed by atoms with E-state index in [-0.39, 0.29) is 0 Å². The van der Waals surface area contributed by atoms with Crippen molar-refractivity contribution < 1.29 is 0 Å². The van der Waals surface area contributed by atoms with Crippen LogP contribution >= 0.6 is 6.60 Å². The van der Waals surface area contributed by atoms with Crippen LogP contribution in [0.3, 0.4) is 0 Å². The zero-order valence-corrected chi connectivity index (χ0v) is 7.88. The van der Waals surface area contributed by atoms with Gasteiger partial charge in [-0.3, -0.25) is 0 Å². The van der Waals surface area contributed by atoms with Crippen LogP contribution in [0, 0.1) is 0 Å². The molecule has 0 aromatic carbocycles. The van der Waals surface area contributed by atoms with Crippen LogP contribution in [-0.2, 0) is 0 Å². The van der Waals surface area contributed by atoms with Gasteiger partial charge in [0.05, 0.1) is 0 Å². The Hall–Kier alpha value is 0.625. The summed E-state index contributed by atoms with van der Waals surface area (Å²) in [7, 11) is 4.50. The zero-order valence-electron chi connectivity index (χ0n) is 6.98. The van der Waals surface area contributed by atoms with E-state index in [0.29, 0.717) is 0 Å². The molecule has 1 aliphatic heterocycles. The van der Waals surface area contributed by atoms with Crippen molar-refractivity contribution >= 4 is 28.0 Å². The fourth-order valence-electron chi connectivity index (χ4n) is 1.68. The van der Waals surface area contributed by atoms with Gasteiger partial charge in [-0.05, 0) is 0 Å². The molecule has 1 fully saturated rings. The van der Waals surface area contributed by atoms with Crippen LogP contribution in [0.5, 0.6) is 0 Å². The van der Waals surface area contributed by atoms with E-state index >= 15 is 0 Å². The molecule has 0 atom stereocenters. The summed E-state index contributed by atoms with van der Waals surface area (Å²) < 4.78 is 0. The Morgan fingerprint density at radius 3 is 1.67 bits per heavy atom. The standard InChI is InChI=1S/C5H16B3P/c1-9(2,3)4-6-8-7-5-9/h6-8H,4-5H2,1-3H3. The zero-order chi connectivity index (χ0) is 6.98. The van der Waals surface area contributed by atoms with Gasteiger partial charge in [-0.25, -0.2) is 0 Å². The van der Waals surface area contributed by atoms with Crippen LogP contribution in [0.2, 0.25) is 0 Å². The summed E-state index contributed by atoms with van der Waals surface area (Å²) in [4.78, 5) is 0. The predicted octanol–water partition coefficient (Wildman–Crippen LogP) is -0.503. The van der Waals surface area contributed by atoms with E-state index in [1.165, 1.54) is 21.4 Å². The van der Waals surface area contributed by atoms with Gasteiger partial charge >= 0.3 is 60.1 Å². The quantitative estimate of drug-likeness (QED) is 0.314. The van der Waals surface area contributed by atoms with Crippen LogP contribution in [-0.4, -0.2) is 53.5 Å². The number of rotatable bonds is 0. The fraction of sp³-hybridized carbons (Fsp3) is 1.00. The van der Waals surface area contributed by atoms with E-state index in [4.69, 9.17) is 0 Å². The molecule has 9 heavy (non-hydrogen) atoms. The van der Waals surface area contributed by atoms with Crippen molar-refractivity contribution in [2.75, 3.05) is 32.1 Å². The van der Waals surface area contributed by atoms with Crippen LogP contribution in [0.25, 0.3) is 0 Å². The Morgan fingerprint density at radius 1 is 1.00 bits per heavy atom. The van der Waals surface area contributed by atoms with Crippen LogP contribution < -0.4 is 0 Å². The summed E-state index contributed by atoms with van der Waals surface area (Å²) in [6, 6.07) is 3.09. The van der Waals surface area contributed by atoms with E-state index in [0.717, 1.165) is 0 Å². The van der Waals surface area contributed by atoms with Crippen molar-refractivity contribution in [1.29, 1.82) is 0 Å². The van der Waals surface area contributed by atoms with Gasteiger partial charge in [0.25, 0.3) is 0 Å². The Morgan fingerprint density at radius 2 is 1.44 bits per heavy atom. The summed E-state index contributed by atoms with van der Waals surface area (Å²) >= 11 is 0. The Balaban J connectivity index is 2.58. The molecule has 0 bridgehead atoms. The Labute approximate surface area is 60.8 Å². The van der Waals surface area contributed by atoms with Gasteiger partial charge in [0, 0.05) is 0 Å². The van der Waals surface area contributed by atoms with Gasteiger partial charge in [-0.1, -0.05) is 0 Å². The van der Waals surface area contributed by atoms with E-state index in [9.17, 15) is 0 Å². The van der Waals surface area contributed by atoms with Gasteiger partial charge < -0.3 is 0 Å². The molecule has 0 spiro atoms. The van der Waals surface area contributed by atoms with Crippen molar-refractivity contribution in [3.63, 3.8) is 0 Å². The van der Waals surface area contributed by atoms with Gasteiger partial charge in [0.15, 0.2) is 0 Å². The van der Waals surface area contributed by atoms with Crippen LogP contribution in [0.1, 0.15) is 0 Å². The molecule has 0 saturated carbocycles.